The van der Waals surface area contributed by atoms with Crippen LogP contribution in [0.3, 0.4) is 0 Å². The van der Waals surface area contributed by atoms with Gasteiger partial charge in [-0.15, -0.1) is 11.3 Å². The van der Waals surface area contributed by atoms with Crippen molar-refractivity contribution in [3.8, 4) is 34.6 Å². The van der Waals surface area contributed by atoms with E-state index in [-0.39, 0.29) is 13.2 Å². The Morgan fingerprint density at radius 2 is 1.36 bits per heavy atom. The first-order chi connectivity index (χ1) is 22.9. The van der Waals surface area contributed by atoms with E-state index >= 15 is 0 Å². The molecule has 4 rings (SSSR count). The third-order valence-corrected chi connectivity index (χ3v) is 8.77. The zero-order valence-corrected chi connectivity index (χ0v) is 28.8. The van der Waals surface area contributed by atoms with Crippen LogP contribution in [0.1, 0.15) is 116 Å². The molecule has 0 fully saturated rings. The Labute approximate surface area is 283 Å². The van der Waals surface area contributed by atoms with Gasteiger partial charge in [-0.05, 0) is 79.6 Å². The van der Waals surface area contributed by atoms with Crippen LogP contribution in [0.4, 0.5) is 0 Å². The maximum atomic E-state index is 12.8. The van der Waals surface area contributed by atoms with E-state index in [0.717, 1.165) is 16.9 Å². The summed E-state index contributed by atoms with van der Waals surface area (Å²) in [4.78, 5) is 40.1. The number of ether oxygens (including phenoxy) is 2. The maximum Gasteiger partial charge on any atom is 0.338 e. The van der Waals surface area contributed by atoms with Crippen LogP contribution in [-0.4, -0.2) is 40.1 Å². The average molecular weight is 652 g/mol. The zero-order valence-electron chi connectivity index (χ0n) is 28.0. The lowest BCUT2D eigenvalue weighted by atomic mass is 9.89. The maximum absolute atomic E-state index is 12.8. The van der Waals surface area contributed by atoms with Crippen molar-refractivity contribution in [2.24, 2.45) is 5.92 Å². The zero-order chi connectivity index (χ0) is 33.4. The number of hydrogen-bond acceptors (Lipinski definition) is 8. The number of rotatable bonds is 16. The SMILES string of the molecule is CCCCCCC(CCCC)Cc1ccsc1C#Cc1ccnc(-c2cc(C(=O)OCC)cc(-c3cc(C(=O)OCC)ccn3)n2)c1. The Morgan fingerprint density at radius 3 is 2.06 bits per heavy atom. The molecule has 0 spiro atoms. The van der Waals surface area contributed by atoms with Crippen LogP contribution in [0, 0.1) is 17.8 Å². The molecule has 0 bridgehead atoms. The molecule has 4 heterocycles. The number of pyridine rings is 3. The van der Waals surface area contributed by atoms with Crippen LogP contribution < -0.4 is 0 Å². The van der Waals surface area contributed by atoms with Crippen LogP contribution in [0.2, 0.25) is 0 Å². The van der Waals surface area contributed by atoms with Gasteiger partial charge in [-0.2, -0.15) is 0 Å². The van der Waals surface area contributed by atoms with Crippen molar-refractivity contribution < 1.29 is 19.1 Å². The molecule has 4 aromatic rings. The molecule has 47 heavy (non-hydrogen) atoms. The highest BCUT2D eigenvalue weighted by Crippen LogP contribution is 2.27. The number of hydrogen-bond donors (Lipinski definition) is 0. The van der Waals surface area contributed by atoms with Crippen molar-refractivity contribution in [1.82, 2.24) is 15.0 Å². The number of thiophene rings is 1. The third kappa shape index (κ3) is 10.6. The smallest absolute Gasteiger partial charge is 0.338 e. The molecule has 0 saturated heterocycles. The Kier molecular flexibility index (Phi) is 14.1. The average Bonchev–Trinajstić information content (AvgIpc) is 3.54. The highest BCUT2D eigenvalue weighted by atomic mass is 32.1. The molecule has 7 nitrogen and oxygen atoms in total. The van der Waals surface area contributed by atoms with Crippen molar-refractivity contribution >= 4 is 23.3 Å². The van der Waals surface area contributed by atoms with Gasteiger partial charge in [0.05, 0.1) is 52.0 Å². The van der Waals surface area contributed by atoms with Gasteiger partial charge in [-0.25, -0.2) is 14.6 Å². The molecule has 0 N–H and O–H groups in total. The fraction of sp³-hybridized carbons (Fsp3) is 0.410. The summed E-state index contributed by atoms with van der Waals surface area (Å²) in [6.45, 7) is 8.53. The molecule has 0 amide bonds. The minimum Gasteiger partial charge on any atom is -0.462 e. The van der Waals surface area contributed by atoms with Gasteiger partial charge >= 0.3 is 11.9 Å². The lowest BCUT2D eigenvalue weighted by Gasteiger charge is -2.16. The quantitative estimate of drug-likeness (QED) is 0.0677. The molecule has 8 heteroatoms. The summed E-state index contributed by atoms with van der Waals surface area (Å²) >= 11 is 1.69. The Morgan fingerprint density at radius 1 is 0.723 bits per heavy atom. The van der Waals surface area contributed by atoms with E-state index in [1.807, 2.05) is 12.1 Å². The second kappa shape index (κ2) is 18.7. The fourth-order valence-electron chi connectivity index (χ4n) is 5.43. The van der Waals surface area contributed by atoms with Gasteiger partial charge in [0.25, 0.3) is 0 Å². The molecule has 0 saturated carbocycles. The number of aromatic nitrogens is 3. The normalized spacial score (nSPS) is 11.4. The molecule has 1 unspecified atom stereocenters. The second-order valence-corrected chi connectivity index (χ2v) is 12.4. The Bertz CT molecular complexity index is 1690. The number of carbonyl (C=O) groups excluding carboxylic acids is 2. The Hall–Kier alpha value is -4.35. The lowest BCUT2D eigenvalue weighted by molar-refractivity contribution is 0.0516. The van der Waals surface area contributed by atoms with Crippen LogP contribution in [-0.2, 0) is 15.9 Å². The van der Waals surface area contributed by atoms with Gasteiger partial charge in [0.15, 0.2) is 0 Å². The summed E-state index contributed by atoms with van der Waals surface area (Å²) < 4.78 is 10.4. The Balaban J connectivity index is 1.62. The van der Waals surface area contributed by atoms with Gasteiger partial charge < -0.3 is 9.47 Å². The minimum absolute atomic E-state index is 0.231. The molecule has 4 aromatic heterocycles. The minimum atomic E-state index is -0.484. The molecule has 0 aliphatic heterocycles. The van der Waals surface area contributed by atoms with E-state index in [9.17, 15) is 9.59 Å². The van der Waals surface area contributed by atoms with E-state index in [4.69, 9.17) is 14.5 Å². The van der Waals surface area contributed by atoms with Crippen LogP contribution in [0.25, 0.3) is 22.8 Å². The van der Waals surface area contributed by atoms with Crippen molar-refractivity contribution in [3.63, 3.8) is 0 Å². The largest absolute Gasteiger partial charge is 0.462 e. The van der Waals surface area contributed by atoms with Gasteiger partial charge in [0.2, 0.25) is 0 Å². The van der Waals surface area contributed by atoms with E-state index in [1.165, 1.54) is 63.1 Å². The van der Waals surface area contributed by atoms with Crippen molar-refractivity contribution in [2.45, 2.75) is 85.5 Å². The van der Waals surface area contributed by atoms with E-state index in [1.54, 1.807) is 55.6 Å². The summed E-state index contributed by atoms with van der Waals surface area (Å²) in [5, 5.41) is 2.14. The molecular formula is C39H45N3O4S. The van der Waals surface area contributed by atoms with Crippen LogP contribution in [0.5, 0.6) is 0 Å². The molecular weight excluding hydrogens is 607 g/mol. The molecule has 1 atom stereocenters. The summed E-state index contributed by atoms with van der Waals surface area (Å²) in [5.41, 5.74) is 4.64. The highest BCUT2D eigenvalue weighted by molar-refractivity contribution is 7.10. The predicted molar refractivity (Wildman–Crippen MR) is 188 cm³/mol. The van der Waals surface area contributed by atoms with Crippen LogP contribution >= 0.6 is 11.3 Å². The molecule has 0 aliphatic rings. The predicted octanol–water partition coefficient (Wildman–Crippen LogP) is 9.34. The van der Waals surface area contributed by atoms with Gasteiger partial charge in [0, 0.05) is 18.0 Å². The summed E-state index contributed by atoms with van der Waals surface area (Å²) in [5.74, 6) is 6.53. The monoisotopic (exact) mass is 651 g/mol. The molecule has 246 valence electrons. The molecule has 0 aromatic carbocycles. The van der Waals surface area contributed by atoms with E-state index in [2.05, 4.69) is 47.1 Å². The van der Waals surface area contributed by atoms with Crippen molar-refractivity contribution in [1.29, 1.82) is 0 Å². The van der Waals surface area contributed by atoms with Crippen molar-refractivity contribution in [2.75, 3.05) is 13.2 Å². The number of carbonyl (C=O) groups is 2. The topological polar surface area (TPSA) is 91.3 Å². The number of nitrogens with zero attached hydrogens (tertiary/aromatic N) is 3. The second-order valence-electron chi connectivity index (χ2n) is 11.5. The first kappa shape index (κ1) is 35.5. The summed E-state index contributed by atoms with van der Waals surface area (Å²) in [6, 6.07) is 12.4. The van der Waals surface area contributed by atoms with Gasteiger partial charge in [-0.1, -0.05) is 77.1 Å². The first-order valence-corrected chi connectivity index (χ1v) is 17.7. The highest BCUT2D eigenvalue weighted by Gasteiger charge is 2.17. The number of esters is 2. The molecule has 0 aliphatic carbocycles. The van der Waals surface area contributed by atoms with Crippen molar-refractivity contribution in [3.05, 3.63) is 87.4 Å². The van der Waals surface area contributed by atoms with Crippen LogP contribution in [0.15, 0.2) is 60.2 Å². The first-order valence-electron chi connectivity index (χ1n) is 16.8. The summed E-state index contributed by atoms with van der Waals surface area (Å²) in [7, 11) is 0. The fourth-order valence-corrected chi connectivity index (χ4v) is 6.21. The van der Waals surface area contributed by atoms with E-state index < -0.39 is 11.9 Å². The van der Waals surface area contributed by atoms with Gasteiger partial charge in [-0.3, -0.25) is 9.97 Å². The molecule has 0 radical (unpaired) electrons. The summed E-state index contributed by atoms with van der Waals surface area (Å²) in [6.07, 6.45) is 14.5. The number of unbranched alkanes of at least 4 members (excludes halogenated alkanes) is 4. The lowest BCUT2D eigenvalue weighted by Crippen LogP contribution is -2.07. The van der Waals surface area contributed by atoms with E-state index in [0.29, 0.717) is 39.8 Å². The third-order valence-electron chi connectivity index (χ3n) is 7.90. The van der Waals surface area contributed by atoms with Gasteiger partial charge in [0.1, 0.15) is 0 Å². The standard InChI is InChI=1S/C39H45N3O4S/c1-5-9-11-12-14-28(13-10-6-2)23-30-19-22-47-37(30)16-15-29-17-20-40-33(24-29)35-26-32(39(44)46-8-4)27-36(42-35)34-25-31(18-21-41-34)38(43)45-7-3/h17-22,24-28H,5-14,23H2,1-4H3.